The van der Waals surface area contributed by atoms with Gasteiger partial charge in [0, 0.05) is 26.2 Å². The van der Waals surface area contributed by atoms with Crippen LogP contribution in [0.15, 0.2) is 18.2 Å². The van der Waals surface area contributed by atoms with E-state index in [4.69, 9.17) is 4.74 Å². The van der Waals surface area contributed by atoms with E-state index in [1.807, 2.05) is 6.92 Å². The van der Waals surface area contributed by atoms with Gasteiger partial charge in [0.25, 0.3) is 0 Å². The Balaban J connectivity index is 2.10. The molecule has 0 aromatic heterocycles. The van der Waals surface area contributed by atoms with Crippen molar-refractivity contribution in [2.24, 2.45) is 0 Å². The molecule has 0 amide bonds. The van der Waals surface area contributed by atoms with Crippen LogP contribution in [0, 0.1) is 13.8 Å². The van der Waals surface area contributed by atoms with Crippen LogP contribution in [-0.2, 0) is 16.1 Å². The van der Waals surface area contributed by atoms with Crippen molar-refractivity contribution in [3.63, 3.8) is 0 Å². The van der Waals surface area contributed by atoms with Crippen LogP contribution in [0.3, 0.4) is 0 Å². The number of carbonyl (C=O) groups is 1. The molecule has 1 saturated heterocycles. The molecule has 0 aliphatic carbocycles. The summed E-state index contributed by atoms with van der Waals surface area (Å²) in [4.78, 5) is 14.2. The molecular formula is C16H24N2O2. The van der Waals surface area contributed by atoms with Gasteiger partial charge in [-0.15, -0.1) is 0 Å². The highest BCUT2D eigenvalue weighted by molar-refractivity contribution is 5.76. The molecule has 110 valence electrons. The van der Waals surface area contributed by atoms with Gasteiger partial charge < -0.3 is 10.1 Å². The maximum absolute atomic E-state index is 12.0. The Labute approximate surface area is 121 Å². The fourth-order valence-corrected chi connectivity index (χ4v) is 2.80. The highest BCUT2D eigenvalue weighted by atomic mass is 16.5. The summed E-state index contributed by atoms with van der Waals surface area (Å²) in [5.41, 5.74) is 3.80. The number of hydrogen-bond acceptors (Lipinski definition) is 4. The summed E-state index contributed by atoms with van der Waals surface area (Å²) in [5.74, 6) is -0.121. The van der Waals surface area contributed by atoms with E-state index < -0.39 is 0 Å². The Kier molecular flexibility index (Phi) is 5.15. The van der Waals surface area contributed by atoms with Gasteiger partial charge in [-0.25, -0.2) is 0 Å². The van der Waals surface area contributed by atoms with Gasteiger partial charge in [-0.2, -0.15) is 0 Å². The fraction of sp³-hybridized carbons (Fsp3) is 0.562. The average Bonchev–Trinajstić information content (AvgIpc) is 2.38. The van der Waals surface area contributed by atoms with Crippen molar-refractivity contribution in [1.82, 2.24) is 10.2 Å². The van der Waals surface area contributed by atoms with Crippen molar-refractivity contribution in [2.45, 2.75) is 33.4 Å². The summed E-state index contributed by atoms with van der Waals surface area (Å²) in [6.45, 7) is 9.76. The largest absolute Gasteiger partial charge is 0.465 e. The van der Waals surface area contributed by atoms with Gasteiger partial charge in [-0.05, 0) is 26.3 Å². The molecule has 20 heavy (non-hydrogen) atoms. The summed E-state index contributed by atoms with van der Waals surface area (Å²) >= 11 is 0. The molecule has 1 aliphatic heterocycles. The van der Waals surface area contributed by atoms with E-state index in [1.54, 1.807) is 0 Å². The van der Waals surface area contributed by atoms with Crippen LogP contribution in [0.5, 0.6) is 0 Å². The van der Waals surface area contributed by atoms with Crippen molar-refractivity contribution < 1.29 is 9.53 Å². The zero-order chi connectivity index (χ0) is 14.5. The van der Waals surface area contributed by atoms with Crippen molar-refractivity contribution in [2.75, 3.05) is 26.2 Å². The number of nitrogens with one attached hydrogen (secondary N) is 1. The lowest BCUT2D eigenvalue weighted by molar-refractivity contribution is -0.150. The molecule has 1 N–H and O–H groups in total. The monoisotopic (exact) mass is 276 g/mol. The Bertz CT molecular complexity index is 453. The SMILES string of the molecule is CCOC(=O)C1CNCCN1Cc1cc(C)cc(C)c1. The van der Waals surface area contributed by atoms with Gasteiger partial charge in [0.15, 0.2) is 0 Å². The molecule has 0 radical (unpaired) electrons. The van der Waals surface area contributed by atoms with Crippen LogP contribution in [-0.4, -0.2) is 43.2 Å². The molecular weight excluding hydrogens is 252 g/mol. The molecule has 1 atom stereocenters. The van der Waals surface area contributed by atoms with E-state index >= 15 is 0 Å². The minimum Gasteiger partial charge on any atom is -0.465 e. The number of nitrogens with zero attached hydrogens (tertiary/aromatic N) is 1. The average molecular weight is 276 g/mol. The van der Waals surface area contributed by atoms with Gasteiger partial charge in [-0.3, -0.25) is 9.69 Å². The quantitative estimate of drug-likeness (QED) is 0.849. The lowest BCUT2D eigenvalue weighted by Gasteiger charge is -2.34. The minimum atomic E-state index is -0.176. The van der Waals surface area contributed by atoms with Crippen molar-refractivity contribution in [1.29, 1.82) is 0 Å². The Morgan fingerprint density at radius 3 is 2.70 bits per heavy atom. The predicted molar refractivity (Wildman–Crippen MR) is 79.6 cm³/mol. The molecule has 1 fully saturated rings. The highest BCUT2D eigenvalue weighted by Crippen LogP contribution is 2.15. The van der Waals surface area contributed by atoms with E-state index in [9.17, 15) is 4.79 Å². The summed E-state index contributed by atoms with van der Waals surface area (Å²) in [7, 11) is 0. The Hall–Kier alpha value is -1.39. The number of benzene rings is 1. The van der Waals surface area contributed by atoms with Crippen molar-refractivity contribution in [3.8, 4) is 0 Å². The first kappa shape index (κ1) is 15.0. The topological polar surface area (TPSA) is 41.6 Å². The van der Waals surface area contributed by atoms with E-state index in [0.717, 1.165) is 19.6 Å². The normalized spacial score (nSPS) is 19.9. The summed E-state index contributed by atoms with van der Waals surface area (Å²) in [6.07, 6.45) is 0. The number of piperazine rings is 1. The van der Waals surface area contributed by atoms with Crippen LogP contribution in [0.1, 0.15) is 23.6 Å². The van der Waals surface area contributed by atoms with E-state index in [1.165, 1.54) is 16.7 Å². The lowest BCUT2D eigenvalue weighted by Crippen LogP contribution is -2.54. The molecule has 1 aliphatic rings. The van der Waals surface area contributed by atoms with Crippen molar-refractivity contribution >= 4 is 5.97 Å². The molecule has 4 heteroatoms. The lowest BCUT2D eigenvalue weighted by atomic mass is 10.1. The first-order chi connectivity index (χ1) is 9.60. The molecule has 1 unspecified atom stereocenters. The van der Waals surface area contributed by atoms with Crippen LogP contribution >= 0.6 is 0 Å². The fourth-order valence-electron chi connectivity index (χ4n) is 2.80. The van der Waals surface area contributed by atoms with Crippen LogP contribution in [0.4, 0.5) is 0 Å². The summed E-state index contributed by atoms with van der Waals surface area (Å²) in [6, 6.07) is 6.38. The molecule has 0 saturated carbocycles. The first-order valence-electron chi connectivity index (χ1n) is 7.28. The number of ether oxygens (including phenoxy) is 1. The van der Waals surface area contributed by atoms with Gasteiger partial charge >= 0.3 is 5.97 Å². The second-order valence-electron chi connectivity index (χ2n) is 5.44. The smallest absolute Gasteiger partial charge is 0.324 e. The Morgan fingerprint density at radius 1 is 1.35 bits per heavy atom. The van der Waals surface area contributed by atoms with Crippen LogP contribution in [0.2, 0.25) is 0 Å². The van der Waals surface area contributed by atoms with Gasteiger partial charge in [0.2, 0.25) is 0 Å². The van der Waals surface area contributed by atoms with Crippen molar-refractivity contribution in [3.05, 3.63) is 34.9 Å². The van der Waals surface area contributed by atoms with Gasteiger partial charge in [-0.1, -0.05) is 29.3 Å². The summed E-state index contributed by atoms with van der Waals surface area (Å²) < 4.78 is 5.18. The van der Waals surface area contributed by atoms with E-state index in [0.29, 0.717) is 13.2 Å². The number of esters is 1. The number of carbonyl (C=O) groups excluding carboxylic acids is 1. The number of aryl methyl sites for hydroxylation is 2. The maximum Gasteiger partial charge on any atom is 0.324 e. The van der Waals surface area contributed by atoms with Gasteiger partial charge in [0.1, 0.15) is 6.04 Å². The minimum absolute atomic E-state index is 0.121. The molecule has 0 spiro atoms. The van der Waals surface area contributed by atoms with E-state index in [-0.39, 0.29) is 12.0 Å². The zero-order valence-corrected chi connectivity index (χ0v) is 12.6. The predicted octanol–water partition coefficient (Wildman–Crippen LogP) is 1.64. The number of rotatable bonds is 4. The molecule has 1 aromatic carbocycles. The van der Waals surface area contributed by atoms with E-state index in [2.05, 4.69) is 42.3 Å². The first-order valence-corrected chi connectivity index (χ1v) is 7.28. The van der Waals surface area contributed by atoms with Crippen LogP contribution < -0.4 is 5.32 Å². The molecule has 4 nitrogen and oxygen atoms in total. The standard InChI is InChI=1S/C16H24N2O2/c1-4-20-16(19)15-10-17-5-6-18(15)11-14-8-12(2)7-13(3)9-14/h7-9,15,17H,4-6,10-11H2,1-3H3. The zero-order valence-electron chi connectivity index (χ0n) is 12.6. The van der Waals surface area contributed by atoms with Gasteiger partial charge in [0.05, 0.1) is 6.61 Å². The summed E-state index contributed by atoms with van der Waals surface area (Å²) in [5, 5.41) is 3.27. The molecule has 2 rings (SSSR count). The maximum atomic E-state index is 12.0. The third-order valence-corrected chi connectivity index (χ3v) is 3.58. The van der Waals surface area contributed by atoms with Crippen LogP contribution in [0.25, 0.3) is 0 Å². The molecule has 1 aromatic rings. The molecule has 1 heterocycles. The third-order valence-electron chi connectivity index (χ3n) is 3.58. The molecule has 0 bridgehead atoms. The Morgan fingerprint density at radius 2 is 2.05 bits per heavy atom. The second kappa shape index (κ2) is 6.86. The highest BCUT2D eigenvalue weighted by Gasteiger charge is 2.29. The number of hydrogen-bond donors (Lipinski definition) is 1. The third kappa shape index (κ3) is 3.81. The second-order valence-corrected chi connectivity index (χ2v) is 5.44.